The Morgan fingerprint density at radius 1 is 1.18 bits per heavy atom. The van der Waals surface area contributed by atoms with Crippen molar-refractivity contribution >= 4 is 11.3 Å². The molecule has 0 radical (unpaired) electrons. The second-order valence-electron chi connectivity index (χ2n) is 4.84. The topological polar surface area (TPSA) is 17.8 Å². The summed E-state index contributed by atoms with van der Waals surface area (Å²) in [6, 6.07) is 0. The molecule has 0 atom stereocenters. The molecule has 0 bridgehead atoms. The van der Waals surface area contributed by atoms with Crippen molar-refractivity contribution in [1.82, 2.24) is 9.55 Å². The van der Waals surface area contributed by atoms with E-state index in [0.717, 1.165) is 31.5 Å². The van der Waals surface area contributed by atoms with Crippen molar-refractivity contribution in [3.05, 3.63) is 41.5 Å². The molecule has 1 heterocycles. The fourth-order valence-corrected chi connectivity index (χ4v) is 2.82. The van der Waals surface area contributed by atoms with E-state index in [9.17, 15) is 0 Å². The zero-order valence-electron chi connectivity index (χ0n) is 10.5. The predicted molar refractivity (Wildman–Crippen MR) is 71.6 cm³/mol. The van der Waals surface area contributed by atoms with Crippen molar-refractivity contribution in [2.45, 2.75) is 39.5 Å². The van der Waals surface area contributed by atoms with E-state index in [2.05, 4.69) is 42.7 Å². The van der Waals surface area contributed by atoms with E-state index in [-0.39, 0.29) is 0 Å². The summed E-state index contributed by atoms with van der Waals surface area (Å²) in [6.07, 6.45) is 13.4. The van der Waals surface area contributed by atoms with Crippen LogP contribution in [-0.2, 0) is 6.42 Å². The largest absolute Gasteiger partial charge is 0.300 e. The van der Waals surface area contributed by atoms with Gasteiger partial charge in [-0.15, -0.1) is 0 Å². The molecule has 0 spiro atoms. The van der Waals surface area contributed by atoms with Crippen LogP contribution in [0.5, 0.6) is 0 Å². The lowest BCUT2D eigenvalue weighted by molar-refractivity contribution is 0.890. The average Bonchev–Trinajstić information content (AvgIpc) is 2.68. The number of rotatable bonds is 1. The van der Waals surface area contributed by atoms with Crippen LogP contribution < -0.4 is 0 Å². The third kappa shape index (κ3) is 1.68. The summed E-state index contributed by atoms with van der Waals surface area (Å²) < 4.78 is 2.35. The van der Waals surface area contributed by atoms with Crippen LogP contribution in [0.3, 0.4) is 0 Å². The van der Waals surface area contributed by atoms with Crippen molar-refractivity contribution < 1.29 is 0 Å². The molecular formula is C15H18N2. The number of aromatic nitrogens is 2. The third-order valence-corrected chi connectivity index (χ3v) is 3.60. The predicted octanol–water partition coefficient (Wildman–Crippen LogP) is 3.73. The minimum absolute atomic E-state index is 1.09. The molecule has 1 aromatic rings. The summed E-state index contributed by atoms with van der Waals surface area (Å²) in [7, 11) is 0. The SMILES string of the molecule is CC1=CCCc2nc(C)n(C3=CC=CCC3)c21. The number of fused-ring (bicyclic) bond motifs is 1. The molecule has 0 aromatic carbocycles. The van der Waals surface area contributed by atoms with Gasteiger partial charge in [0.1, 0.15) is 5.82 Å². The molecule has 0 N–H and O–H groups in total. The quantitative estimate of drug-likeness (QED) is 0.713. The average molecular weight is 226 g/mol. The van der Waals surface area contributed by atoms with Crippen LogP contribution in [0.25, 0.3) is 11.3 Å². The van der Waals surface area contributed by atoms with Gasteiger partial charge in [0.25, 0.3) is 0 Å². The molecule has 0 fully saturated rings. The van der Waals surface area contributed by atoms with Crippen molar-refractivity contribution in [3.63, 3.8) is 0 Å². The van der Waals surface area contributed by atoms with Gasteiger partial charge >= 0.3 is 0 Å². The lowest BCUT2D eigenvalue weighted by Gasteiger charge is -2.18. The van der Waals surface area contributed by atoms with Gasteiger partial charge in [-0.2, -0.15) is 0 Å². The van der Waals surface area contributed by atoms with Crippen LogP contribution in [0.15, 0.2) is 24.3 Å². The number of imidazole rings is 1. The van der Waals surface area contributed by atoms with Crippen LogP contribution in [-0.4, -0.2) is 9.55 Å². The molecule has 0 saturated heterocycles. The first kappa shape index (κ1) is 10.6. The van der Waals surface area contributed by atoms with Gasteiger partial charge in [-0.05, 0) is 51.2 Å². The lowest BCUT2D eigenvalue weighted by Crippen LogP contribution is -2.07. The highest BCUT2D eigenvalue weighted by Gasteiger charge is 2.20. The zero-order valence-corrected chi connectivity index (χ0v) is 10.5. The fraction of sp³-hybridized carbons (Fsp3) is 0.400. The minimum Gasteiger partial charge on any atom is -0.300 e. The Hall–Kier alpha value is -1.57. The molecule has 2 nitrogen and oxygen atoms in total. The van der Waals surface area contributed by atoms with E-state index < -0.39 is 0 Å². The first-order valence-corrected chi connectivity index (χ1v) is 6.39. The minimum atomic E-state index is 1.09. The van der Waals surface area contributed by atoms with Crippen LogP contribution in [0.2, 0.25) is 0 Å². The van der Waals surface area contributed by atoms with E-state index in [1.165, 1.54) is 22.7 Å². The zero-order chi connectivity index (χ0) is 11.8. The molecule has 0 saturated carbocycles. The second kappa shape index (κ2) is 4.02. The maximum absolute atomic E-state index is 4.73. The van der Waals surface area contributed by atoms with Gasteiger partial charge in [0.2, 0.25) is 0 Å². The van der Waals surface area contributed by atoms with Crippen molar-refractivity contribution in [2.24, 2.45) is 0 Å². The molecule has 2 aliphatic carbocycles. The highest BCUT2D eigenvalue weighted by molar-refractivity contribution is 5.70. The molecule has 0 amide bonds. The van der Waals surface area contributed by atoms with Gasteiger partial charge in [-0.3, -0.25) is 0 Å². The standard InChI is InChI=1S/C15H18N2/c1-11-7-6-10-14-15(11)17(12(2)16-14)13-8-4-3-5-9-13/h3-4,7-8H,5-6,9-10H2,1-2H3. The number of aryl methyl sites for hydroxylation is 2. The van der Waals surface area contributed by atoms with Gasteiger partial charge in [-0.1, -0.05) is 18.2 Å². The van der Waals surface area contributed by atoms with Gasteiger partial charge < -0.3 is 4.57 Å². The molecule has 3 rings (SSSR count). The van der Waals surface area contributed by atoms with Crippen molar-refractivity contribution in [3.8, 4) is 0 Å². The number of allylic oxidation sites excluding steroid dienone is 6. The van der Waals surface area contributed by atoms with Crippen LogP contribution in [0.1, 0.15) is 43.4 Å². The van der Waals surface area contributed by atoms with E-state index in [0.29, 0.717) is 0 Å². The highest BCUT2D eigenvalue weighted by Crippen LogP contribution is 2.31. The number of hydrogen-bond acceptors (Lipinski definition) is 1. The molecular weight excluding hydrogens is 208 g/mol. The Balaban J connectivity index is 2.17. The van der Waals surface area contributed by atoms with E-state index in [4.69, 9.17) is 4.98 Å². The van der Waals surface area contributed by atoms with Gasteiger partial charge in [-0.25, -0.2) is 4.98 Å². The van der Waals surface area contributed by atoms with Gasteiger partial charge in [0.15, 0.2) is 0 Å². The molecule has 2 heteroatoms. The van der Waals surface area contributed by atoms with Crippen molar-refractivity contribution in [2.75, 3.05) is 0 Å². The molecule has 0 unspecified atom stereocenters. The third-order valence-electron chi connectivity index (χ3n) is 3.60. The molecule has 88 valence electrons. The van der Waals surface area contributed by atoms with Gasteiger partial charge in [0, 0.05) is 5.70 Å². The summed E-state index contributed by atoms with van der Waals surface area (Å²) in [4.78, 5) is 4.73. The van der Waals surface area contributed by atoms with Crippen LogP contribution in [0.4, 0.5) is 0 Å². The van der Waals surface area contributed by atoms with Crippen LogP contribution in [0, 0.1) is 6.92 Å². The van der Waals surface area contributed by atoms with Gasteiger partial charge in [0.05, 0.1) is 11.4 Å². The first-order valence-electron chi connectivity index (χ1n) is 6.39. The Morgan fingerprint density at radius 3 is 2.82 bits per heavy atom. The lowest BCUT2D eigenvalue weighted by atomic mass is 10.0. The summed E-state index contributed by atoms with van der Waals surface area (Å²) in [5, 5.41) is 0. The Labute approximate surface area is 102 Å². The van der Waals surface area contributed by atoms with E-state index in [1.54, 1.807) is 0 Å². The Morgan fingerprint density at radius 2 is 2.06 bits per heavy atom. The molecule has 1 aromatic heterocycles. The summed E-state index contributed by atoms with van der Waals surface area (Å²) >= 11 is 0. The van der Waals surface area contributed by atoms with E-state index >= 15 is 0 Å². The second-order valence-corrected chi connectivity index (χ2v) is 4.84. The Bertz CT molecular complexity index is 542. The normalized spacial score (nSPS) is 18.7. The maximum Gasteiger partial charge on any atom is 0.110 e. The highest BCUT2D eigenvalue weighted by atomic mass is 15.1. The monoisotopic (exact) mass is 226 g/mol. The smallest absolute Gasteiger partial charge is 0.110 e. The molecule has 17 heavy (non-hydrogen) atoms. The number of nitrogens with zero attached hydrogens (tertiary/aromatic N) is 2. The fourth-order valence-electron chi connectivity index (χ4n) is 2.82. The summed E-state index contributed by atoms with van der Waals surface area (Å²) in [5.41, 5.74) is 5.38. The summed E-state index contributed by atoms with van der Waals surface area (Å²) in [6.45, 7) is 4.32. The maximum atomic E-state index is 4.73. The van der Waals surface area contributed by atoms with Crippen molar-refractivity contribution in [1.29, 1.82) is 0 Å². The van der Waals surface area contributed by atoms with E-state index in [1.807, 2.05) is 0 Å². The number of hydrogen-bond donors (Lipinski definition) is 0. The first-order chi connectivity index (χ1) is 8.27. The summed E-state index contributed by atoms with van der Waals surface area (Å²) in [5.74, 6) is 1.13. The Kier molecular flexibility index (Phi) is 2.50. The van der Waals surface area contributed by atoms with Crippen LogP contribution >= 0.6 is 0 Å². The molecule has 0 aliphatic heterocycles. The molecule has 2 aliphatic rings.